The molecular weight excluding hydrogens is 234 g/mol. The van der Waals surface area contributed by atoms with Crippen molar-refractivity contribution in [2.75, 3.05) is 11.9 Å². The van der Waals surface area contributed by atoms with Crippen molar-refractivity contribution in [2.45, 2.75) is 23.8 Å². The van der Waals surface area contributed by atoms with Crippen LogP contribution in [0.4, 0.5) is 5.95 Å². The lowest BCUT2D eigenvalue weighted by molar-refractivity contribution is 0.766. The fourth-order valence-electron chi connectivity index (χ4n) is 1.40. The highest BCUT2D eigenvalue weighted by Crippen LogP contribution is 2.26. The maximum Gasteiger partial charge on any atom is 0.223 e. The summed E-state index contributed by atoms with van der Waals surface area (Å²) in [4.78, 5) is 9.82. The summed E-state index contributed by atoms with van der Waals surface area (Å²) in [6.45, 7) is 4.82. The van der Waals surface area contributed by atoms with Crippen molar-refractivity contribution < 1.29 is 0 Å². The van der Waals surface area contributed by atoms with Crippen LogP contribution in [-0.4, -0.2) is 26.3 Å². The van der Waals surface area contributed by atoms with Gasteiger partial charge >= 0.3 is 0 Å². The first kappa shape index (κ1) is 11.9. The molecule has 2 rings (SSSR count). The van der Waals surface area contributed by atoms with E-state index >= 15 is 0 Å². The van der Waals surface area contributed by atoms with Gasteiger partial charge in [0.1, 0.15) is 5.03 Å². The largest absolute Gasteiger partial charge is 0.354 e. The fourth-order valence-corrected chi connectivity index (χ4v) is 2.31. The quantitative estimate of drug-likeness (QED) is 0.841. The lowest BCUT2D eigenvalue weighted by atomic mass is 10.5. The molecule has 0 saturated heterocycles. The van der Waals surface area contributed by atoms with Gasteiger partial charge in [0.25, 0.3) is 0 Å². The Bertz CT molecular complexity index is 508. The highest BCUT2D eigenvalue weighted by atomic mass is 32.2. The molecule has 0 amide bonds. The Morgan fingerprint density at radius 2 is 2.24 bits per heavy atom. The minimum Gasteiger partial charge on any atom is -0.354 e. The van der Waals surface area contributed by atoms with Crippen LogP contribution in [0.5, 0.6) is 0 Å². The van der Waals surface area contributed by atoms with Gasteiger partial charge in [-0.1, -0.05) is 11.8 Å². The van der Waals surface area contributed by atoms with E-state index in [0.717, 1.165) is 22.2 Å². The van der Waals surface area contributed by atoms with Gasteiger partial charge in [-0.25, -0.2) is 9.97 Å². The Kier molecular flexibility index (Phi) is 3.63. The monoisotopic (exact) mass is 249 g/mol. The second kappa shape index (κ2) is 5.18. The van der Waals surface area contributed by atoms with Gasteiger partial charge < -0.3 is 5.32 Å². The summed E-state index contributed by atoms with van der Waals surface area (Å²) in [5.41, 5.74) is 0.961. The van der Waals surface area contributed by atoms with E-state index < -0.39 is 0 Å². The van der Waals surface area contributed by atoms with Crippen LogP contribution < -0.4 is 5.32 Å². The summed E-state index contributed by atoms with van der Waals surface area (Å²) in [5, 5.41) is 8.19. The van der Waals surface area contributed by atoms with E-state index in [-0.39, 0.29) is 0 Å². The molecule has 0 radical (unpaired) electrons. The molecule has 0 aliphatic heterocycles. The van der Waals surface area contributed by atoms with Crippen LogP contribution in [0.25, 0.3) is 0 Å². The number of aromatic nitrogens is 4. The van der Waals surface area contributed by atoms with E-state index in [1.807, 2.05) is 39.4 Å². The molecule has 1 N–H and O–H groups in total. The molecule has 0 bridgehead atoms. The molecule has 0 atom stereocenters. The van der Waals surface area contributed by atoms with E-state index in [9.17, 15) is 0 Å². The van der Waals surface area contributed by atoms with Crippen molar-refractivity contribution in [3.8, 4) is 0 Å². The summed E-state index contributed by atoms with van der Waals surface area (Å²) in [6, 6.07) is 1.97. The van der Waals surface area contributed by atoms with Crippen molar-refractivity contribution in [1.29, 1.82) is 0 Å². The van der Waals surface area contributed by atoms with E-state index in [2.05, 4.69) is 20.4 Å². The zero-order valence-corrected chi connectivity index (χ0v) is 11.0. The highest BCUT2D eigenvalue weighted by molar-refractivity contribution is 7.99. The number of anilines is 1. The van der Waals surface area contributed by atoms with Gasteiger partial charge in [0, 0.05) is 25.5 Å². The molecule has 0 spiro atoms. The molecule has 0 aliphatic rings. The van der Waals surface area contributed by atoms with Gasteiger partial charge in [-0.15, -0.1) is 0 Å². The third-order valence-corrected chi connectivity index (χ3v) is 2.93. The smallest absolute Gasteiger partial charge is 0.223 e. The van der Waals surface area contributed by atoms with Crippen molar-refractivity contribution in [3.63, 3.8) is 0 Å². The van der Waals surface area contributed by atoms with Crippen LogP contribution >= 0.6 is 11.8 Å². The Morgan fingerprint density at radius 1 is 1.41 bits per heavy atom. The lowest BCUT2D eigenvalue weighted by Gasteiger charge is -2.05. The molecule has 0 fully saturated rings. The number of aryl methyl sites for hydroxylation is 2. The zero-order chi connectivity index (χ0) is 12.3. The van der Waals surface area contributed by atoms with Crippen LogP contribution in [-0.2, 0) is 7.05 Å². The number of nitrogens with zero attached hydrogens (tertiary/aromatic N) is 4. The summed E-state index contributed by atoms with van der Waals surface area (Å²) < 4.78 is 1.78. The minimum atomic E-state index is 0.680. The molecule has 2 aromatic heterocycles. The predicted octanol–water partition coefficient (Wildman–Crippen LogP) is 2.10. The second-order valence-corrected chi connectivity index (χ2v) is 4.75. The Morgan fingerprint density at radius 3 is 2.88 bits per heavy atom. The Labute approximate surface area is 105 Å². The van der Waals surface area contributed by atoms with Crippen LogP contribution in [0.15, 0.2) is 28.4 Å². The first-order chi connectivity index (χ1) is 8.17. The molecule has 0 aromatic carbocycles. The van der Waals surface area contributed by atoms with Crippen LogP contribution in [0.1, 0.15) is 12.6 Å². The molecule has 2 heterocycles. The van der Waals surface area contributed by atoms with E-state index in [1.54, 1.807) is 16.4 Å². The molecule has 6 heteroatoms. The topological polar surface area (TPSA) is 55.6 Å². The van der Waals surface area contributed by atoms with Crippen LogP contribution in [0, 0.1) is 6.92 Å². The third kappa shape index (κ3) is 3.20. The number of nitrogens with one attached hydrogen (secondary N) is 1. The average molecular weight is 249 g/mol. The number of rotatable bonds is 4. The zero-order valence-electron chi connectivity index (χ0n) is 10.1. The van der Waals surface area contributed by atoms with Gasteiger partial charge in [-0.05, 0) is 19.9 Å². The SMILES string of the molecule is CCNc1nc(C)cc(Sc2cnn(C)c2)n1. The van der Waals surface area contributed by atoms with Crippen LogP contribution in [0.3, 0.4) is 0 Å². The molecule has 5 nitrogen and oxygen atoms in total. The Hall–Kier alpha value is -1.56. The second-order valence-electron chi connectivity index (χ2n) is 3.65. The fraction of sp³-hybridized carbons (Fsp3) is 0.364. The maximum atomic E-state index is 4.43. The van der Waals surface area contributed by atoms with Gasteiger partial charge in [-0.2, -0.15) is 5.10 Å². The van der Waals surface area contributed by atoms with E-state index in [0.29, 0.717) is 5.95 Å². The lowest BCUT2D eigenvalue weighted by Crippen LogP contribution is -2.03. The Balaban J connectivity index is 2.20. The molecule has 0 aliphatic carbocycles. The average Bonchev–Trinajstić information content (AvgIpc) is 2.63. The van der Waals surface area contributed by atoms with Gasteiger partial charge in [0.05, 0.1) is 11.1 Å². The van der Waals surface area contributed by atoms with E-state index in [4.69, 9.17) is 0 Å². The predicted molar refractivity (Wildman–Crippen MR) is 68.3 cm³/mol. The first-order valence-corrected chi connectivity index (χ1v) is 6.25. The van der Waals surface area contributed by atoms with Gasteiger partial charge in [0.2, 0.25) is 5.95 Å². The molecular formula is C11H15N5S. The van der Waals surface area contributed by atoms with Gasteiger partial charge in [0.15, 0.2) is 0 Å². The maximum absolute atomic E-state index is 4.43. The van der Waals surface area contributed by atoms with Crippen LogP contribution in [0.2, 0.25) is 0 Å². The third-order valence-electron chi connectivity index (χ3n) is 2.07. The minimum absolute atomic E-state index is 0.680. The number of hydrogen-bond donors (Lipinski definition) is 1. The summed E-state index contributed by atoms with van der Waals surface area (Å²) in [7, 11) is 1.90. The first-order valence-electron chi connectivity index (χ1n) is 5.43. The molecule has 2 aromatic rings. The normalized spacial score (nSPS) is 10.5. The molecule has 90 valence electrons. The standard InChI is InChI=1S/C11H15N5S/c1-4-12-11-14-8(2)5-10(15-11)17-9-6-13-16(3)7-9/h5-7H,4H2,1-3H3,(H,12,14,15). The van der Waals surface area contributed by atoms with Gasteiger partial charge in [-0.3, -0.25) is 4.68 Å². The molecule has 17 heavy (non-hydrogen) atoms. The van der Waals surface area contributed by atoms with Crippen molar-refractivity contribution in [1.82, 2.24) is 19.7 Å². The molecule has 0 unspecified atom stereocenters. The summed E-state index contributed by atoms with van der Waals surface area (Å²) in [5.74, 6) is 0.680. The van der Waals surface area contributed by atoms with Crippen molar-refractivity contribution in [3.05, 3.63) is 24.2 Å². The summed E-state index contributed by atoms with van der Waals surface area (Å²) >= 11 is 1.59. The summed E-state index contributed by atoms with van der Waals surface area (Å²) in [6.07, 6.45) is 3.80. The van der Waals surface area contributed by atoms with Crippen molar-refractivity contribution >= 4 is 17.7 Å². The highest BCUT2D eigenvalue weighted by Gasteiger charge is 2.04. The number of hydrogen-bond acceptors (Lipinski definition) is 5. The van der Waals surface area contributed by atoms with Crippen molar-refractivity contribution in [2.24, 2.45) is 7.05 Å². The van der Waals surface area contributed by atoms with E-state index in [1.165, 1.54) is 0 Å². The molecule has 0 saturated carbocycles.